The van der Waals surface area contributed by atoms with Gasteiger partial charge in [0.2, 0.25) is 0 Å². The number of aliphatic hydroxyl groups is 1. The van der Waals surface area contributed by atoms with Crippen molar-refractivity contribution in [2.45, 2.75) is 39.5 Å². The third kappa shape index (κ3) is 2.25. The molecule has 16 heavy (non-hydrogen) atoms. The lowest BCUT2D eigenvalue weighted by Crippen LogP contribution is -2.47. The van der Waals surface area contributed by atoms with Crippen molar-refractivity contribution in [3.8, 4) is 0 Å². The Kier molecular flexibility index (Phi) is 2.99. The summed E-state index contributed by atoms with van der Waals surface area (Å²) in [7, 11) is 0. The highest BCUT2D eigenvalue weighted by Gasteiger charge is 2.29. The fourth-order valence-electron chi connectivity index (χ4n) is 1.89. The minimum Gasteiger partial charge on any atom is -0.389 e. The van der Waals surface area contributed by atoms with Crippen LogP contribution in [0.4, 0.5) is 0 Å². The number of hydrogen-bond acceptors (Lipinski definition) is 4. The summed E-state index contributed by atoms with van der Waals surface area (Å²) >= 11 is 0. The molecule has 1 aliphatic heterocycles. The van der Waals surface area contributed by atoms with E-state index in [0.717, 1.165) is 25.5 Å². The van der Waals surface area contributed by atoms with Crippen LogP contribution in [0.1, 0.15) is 26.6 Å². The Morgan fingerprint density at radius 2 is 2.25 bits per heavy atom. The van der Waals surface area contributed by atoms with Crippen LogP contribution in [0.5, 0.6) is 0 Å². The third-order valence-corrected chi connectivity index (χ3v) is 3.51. The van der Waals surface area contributed by atoms with Gasteiger partial charge in [0.25, 0.3) is 0 Å². The number of nitrogens with zero attached hydrogens (tertiary/aromatic N) is 4. The van der Waals surface area contributed by atoms with E-state index >= 15 is 0 Å². The molecule has 0 bridgehead atoms. The second-order valence-electron chi connectivity index (χ2n) is 5.16. The lowest BCUT2D eigenvalue weighted by atomic mass is 9.92. The maximum absolute atomic E-state index is 10.3. The maximum atomic E-state index is 10.3. The number of fused-ring (bicyclic) bond motifs is 1. The molecule has 0 aromatic carbocycles. The van der Waals surface area contributed by atoms with E-state index in [9.17, 15) is 5.11 Å². The molecule has 1 atom stereocenters. The van der Waals surface area contributed by atoms with Gasteiger partial charge in [-0.15, -0.1) is 10.2 Å². The molecule has 0 radical (unpaired) electrons. The van der Waals surface area contributed by atoms with Crippen LogP contribution in [0.3, 0.4) is 0 Å². The summed E-state index contributed by atoms with van der Waals surface area (Å²) in [6, 6.07) is 0. The van der Waals surface area contributed by atoms with Crippen molar-refractivity contribution < 1.29 is 5.11 Å². The van der Waals surface area contributed by atoms with Gasteiger partial charge in [-0.2, -0.15) is 0 Å². The van der Waals surface area contributed by atoms with Gasteiger partial charge in [-0.1, -0.05) is 13.8 Å². The van der Waals surface area contributed by atoms with Crippen molar-refractivity contribution in [1.82, 2.24) is 19.7 Å². The smallest absolute Gasteiger partial charge is 0.147 e. The molecule has 0 spiro atoms. The van der Waals surface area contributed by atoms with Gasteiger partial charge in [0.15, 0.2) is 0 Å². The zero-order chi connectivity index (χ0) is 11.8. The molecule has 0 fully saturated rings. The predicted octanol–water partition coefficient (Wildman–Crippen LogP) is 0.501. The van der Waals surface area contributed by atoms with Crippen LogP contribution in [0.15, 0.2) is 6.33 Å². The van der Waals surface area contributed by atoms with E-state index in [-0.39, 0.29) is 5.92 Å². The molecule has 1 aliphatic rings. The van der Waals surface area contributed by atoms with Gasteiger partial charge in [-0.05, 0) is 12.8 Å². The van der Waals surface area contributed by atoms with E-state index in [1.807, 2.05) is 20.8 Å². The lowest BCUT2D eigenvalue weighted by molar-refractivity contribution is -0.0250. The van der Waals surface area contributed by atoms with Crippen LogP contribution in [-0.2, 0) is 13.1 Å². The summed E-state index contributed by atoms with van der Waals surface area (Å²) in [5.41, 5.74) is -0.637. The highest BCUT2D eigenvalue weighted by atomic mass is 16.3. The Morgan fingerprint density at radius 3 is 2.94 bits per heavy atom. The quantitative estimate of drug-likeness (QED) is 0.812. The first kappa shape index (κ1) is 11.5. The summed E-state index contributed by atoms with van der Waals surface area (Å²) in [5, 5.41) is 18.2. The van der Waals surface area contributed by atoms with E-state index in [1.165, 1.54) is 0 Å². The van der Waals surface area contributed by atoms with E-state index < -0.39 is 5.60 Å². The molecule has 0 saturated carbocycles. The number of aromatic nitrogens is 3. The summed E-state index contributed by atoms with van der Waals surface area (Å²) in [5.74, 6) is 1.25. The Bertz CT molecular complexity index is 359. The zero-order valence-corrected chi connectivity index (χ0v) is 10.2. The van der Waals surface area contributed by atoms with E-state index in [1.54, 1.807) is 6.33 Å². The molecule has 90 valence electrons. The molecule has 5 nitrogen and oxygen atoms in total. The minimum absolute atomic E-state index is 0.257. The number of hydrogen-bond donors (Lipinski definition) is 1. The minimum atomic E-state index is -0.637. The second kappa shape index (κ2) is 4.14. The Morgan fingerprint density at radius 1 is 1.50 bits per heavy atom. The molecule has 2 rings (SSSR count). The molecule has 0 aliphatic carbocycles. The Labute approximate surface area is 96.1 Å². The van der Waals surface area contributed by atoms with Gasteiger partial charge in [-0.3, -0.25) is 4.90 Å². The van der Waals surface area contributed by atoms with E-state index in [2.05, 4.69) is 19.7 Å². The maximum Gasteiger partial charge on any atom is 0.147 e. The summed E-state index contributed by atoms with van der Waals surface area (Å²) in [6.07, 6.45) is 1.77. The Hall–Kier alpha value is -0.940. The molecule has 1 unspecified atom stereocenters. The van der Waals surface area contributed by atoms with Crippen LogP contribution < -0.4 is 0 Å². The van der Waals surface area contributed by atoms with Crippen molar-refractivity contribution in [2.24, 2.45) is 5.92 Å². The van der Waals surface area contributed by atoms with Crippen LogP contribution in [0.2, 0.25) is 0 Å². The third-order valence-electron chi connectivity index (χ3n) is 3.51. The normalized spacial score (nSPS) is 20.8. The average Bonchev–Trinajstić information content (AvgIpc) is 2.63. The fraction of sp³-hybridized carbons (Fsp3) is 0.818. The van der Waals surface area contributed by atoms with Crippen LogP contribution in [0, 0.1) is 5.92 Å². The van der Waals surface area contributed by atoms with Gasteiger partial charge >= 0.3 is 0 Å². The van der Waals surface area contributed by atoms with E-state index in [4.69, 9.17) is 0 Å². The first-order valence-electron chi connectivity index (χ1n) is 5.80. The highest BCUT2D eigenvalue weighted by molar-refractivity contribution is 4.92. The monoisotopic (exact) mass is 224 g/mol. The predicted molar refractivity (Wildman–Crippen MR) is 60.8 cm³/mol. The molecule has 0 amide bonds. The molecular weight excluding hydrogens is 204 g/mol. The summed E-state index contributed by atoms with van der Waals surface area (Å²) in [6.45, 7) is 9.33. The summed E-state index contributed by atoms with van der Waals surface area (Å²) < 4.78 is 2.07. The molecule has 1 N–H and O–H groups in total. The molecule has 0 saturated heterocycles. The van der Waals surface area contributed by atoms with Gasteiger partial charge in [-0.25, -0.2) is 0 Å². The van der Waals surface area contributed by atoms with Gasteiger partial charge in [0.1, 0.15) is 12.2 Å². The first-order chi connectivity index (χ1) is 7.49. The van der Waals surface area contributed by atoms with Gasteiger partial charge in [0, 0.05) is 19.6 Å². The van der Waals surface area contributed by atoms with Crippen molar-refractivity contribution in [2.75, 3.05) is 13.1 Å². The van der Waals surface area contributed by atoms with Crippen molar-refractivity contribution in [3.63, 3.8) is 0 Å². The highest BCUT2D eigenvalue weighted by Crippen LogP contribution is 2.20. The molecular formula is C11H20N4O. The van der Waals surface area contributed by atoms with Gasteiger partial charge in [0.05, 0.1) is 12.1 Å². The van der Waals surface area contributed by atoms with E-state index in [0.29, 0.717) is 6.54 Å². The molecule has 2 heterocycles. The molecule has 1 aromatic rings. The van der Waals surface area contributed by atoms with Gasteiger partial charge < -0.3 is 9.67 Å². The topological polar surface area (TPSA) is 54.2 Å². The fourth-order valence-corrected chi connectivity index (χ4v) is 1.89. The van der Waals surface area contributed by atoms with Crippen molar-refractivity contribution in [1.29, 1.82) is 0 Å². The number of β-amino-alcohol motifs (C(OH)–C–C–N with tert-alkyl or cyclic N) is 1. The lowest BCUT2D eigenvalue weighted by Gasteiger charge is -2.36. The SMILES string of the molecule is CC(C)C(C)(O)CN1CCn2cnnc2C1. The Balaban J connectivity index is 1.99. The van der Waals surface area contributed by atoms with Crippen LogP contribution in [-0.4, -0.2) is 43.5 Å². The van der Waals surface area contributed by atoms with Crippen LogP contribution in [0.25, 0.3) is 0 Å². The van der Waals surface area contributed by atoms with Crippen LogP contribution >= 0.6 is 0 Å². The zero-order valence-electron chi connectivity index (χ0n) is 10.2. The molecule has 5 heteroatoms. The standard InChI is InChI=1S/C11H20N4O/c1-9(2)11(3,16)7-14-4-5-15-8-12-13-10(15)6-14/h8-9,16H,4-7H2,1-3H3. The van der Waals surface area contributed by atoms with Crippen molar-refractivity contribution in [3.05, 3.63) is 12.2 Å². The second-order valence-corrected chi connectivity index (χ2v) is 5.16. The van der Waals surface area contributed by atoms with Crippen molar-refractivity contribution >= 4 is 0 Å². The largest absolute Gasteiger partial charge is 0.389 e. The molecule has 1 aromatic heterocycles. The number of rotatable bonds is 3. The average molecular weight is 224 g/mol. The summed E-state index contributed by atoms with van der Waals surface area (Å²) in [4.78, 5) is 2.24. The first-order valence-corrected chi connectivity index (χ1v) is 5.80.